The molecule has 0 spiro atoms. The quantitative estimate of drug-likeness (QED) is 0.308. The first-order valence-electron chi connectivity index (χ1n) is 9.65. The minimum atomic E-state index is 0.945. The van der Waals surface area contributed by atoms with E-state index >= 15 is 0 Å². The Bertz CT molecular complexity index is 1420. The summed E-state index contributed by atoms with van der Waals surface area (Å²) in [6.07, 6.45) is 8.08. The molecule has 0 N–H and O–H groups in total. The molecular weight excluding hydrogens is 352 g/mol. The molecule has 0 aliphatic heterocycles. The molecular formula is C27H20N2. The predicted octanol–water partition coefficient (Wildman–Crippen LogP) is 7.10. The van der Waals surface area contributed by atoms with Gasteiger partial charge < -0.3 is 0 Å². The van der Waals surface area contributed by atoms with Crippen molar-refractivity contribution in [3.05, 3.63) is 108 Å². The Morgan fingerprint density at radius 1 is 0.724 bits per heavy atom. The highest BCUT2D eigenvalue weighted by Crippen LogP contribution is 2.32. The summed E-state index contributed by atoms with van der Waals surface area (Å²) >= 11 is 0. The predicted molar refractivity (Wildman–Crippen MR) is 126 cm³/mol. The van der Waals surface area contributed by atoms with Crippen molar-refractivity contribution in [3.63, 3.8) is 0 Å². The normalized spacial score (nSPS) is 11.6. The van der Waals surface area contributed by atoms with Crippen molar-refractivity contribution in [3.8, 4) is 0 Å². The van der Waals surface area contributed by atoms with E-state index in [0.29, 0.717) is 0 Å². The van der Waals surface area contributed by atoms with Crippen LogP contribution < -0.4 is 0 Å². The minimum Gasteiger partial charge on any atom is -0.292 e. The molecule has 0 bridgehead atoms. The van der Waals surface area contributed by atoms with E-state index in [9.17, 15) is 0 Å². The van der Waals surface area contributed by atoms with Gasteiger partial charge in [0.05, 0.1) is 16.7 Å². The summed E-state index contributed by atoms with van der Waals surface area (Å²) in [5.74, 6) is 0. The number of benzene rings is 3. The largest absolute Gasteiger partial charge is 0.292 e. The van der Waals surface area contributed by atoms with E-state index in [-0.39, 0.29) is 0 Å². The summed E-state index contributed by atoms with van der Waals surface area (Å²) in [6.45, 7) is 8.16. The number of hydrogen-bond donors (Lipinski definition) is 0. The average molecular weight is 372 g/mol. The monoisotopic (exact) mass is 372 g/mol. The molecule has 0 aliphatic carbocycles. The molecule has 3 aromatic carbocycles. The summed E-state index contributed by atoms with van der Waals surface area (Å²) in [4.78, 5) is 4.91. The molecule has 2 heterocycles. The molecule has 0 amide bonds. The molecule has 0 saturated heterocycles. The van der Waals surface area contributed by atoms with Gasteiger partial charge in [0, 0.05) is 10.9 Å². The Kier molecular flexibility index (Phi) is 4.10. The van der Waals surface area contributed by atoms with Gasteiger partial charge in [0.15, 0.2) is 0 Å². The van der Waals surface area contributed by atoms with Crippen LogP contribution in [0.25, 0.3) is 51.8 Å². The van der Waals surface area contributed by atoms with Gasteiger partial charge >= 0.3 is 0 Å². The van der Waals surface area contributed by atoms with Crippen LogP contribution in [0.4, 0.5) is 0 Å². The van der Waals surface area contributed by atoms with E-state index in [4.69, 9.17) is 4.98 Å². The molecule has 0 fully saturated rings. The van der Waals surface area contributed by atoms with Crippen LogP contribution in [0.1, 0.15) is 22.4 Å². The molecule has 2 aromatic heterocycles. The number of pyridine rings is 1. The van der Waals surface area contributed by atoms with Gasteiger partial charge in [0.1, 0.15) is 5.65 Å². The van der Waals surface area contributed by atoms with E-state index in [1.165, 1.54) is 5.56 Å². The first kappa shape index (κ1) is 17.2. The van der Waals surface area contributed by atoms with Crippen molar-refractivity contribution in [2.45, 2.75) is 0 Å². The van der Waals surface area contributed by atoms with E-state index in [0.717, 1.165) is 44.3 Å². The fourth-order valence-electron chi connectivity index (χ4n) is 3.96. The number of rotatable bonds is 4. The highest BCUT2D eigenvalue weighted by Gasteiger charge is 2.15. The molecule has 0 saturated carbocycles. The Hall–Kier alpha value is -3.91. The zero-order valence-electron chi connectivity index (χ0n) is 16.0. The lowest BCUT2D eigenvalue weighted by Gasteiger charge is -2.12. The SMILES string of the molecule is C=Cc1c(C=C)n2c3ccccc3nc2c2ccc(/C=C/c3ccccc3)cc12. The molecule has 2 nitrogen and oxygen atoms in total. The van der Waals surface area contributed by atoms with Gasteiger partial charge in [-0.3, -0.25) is 4.40 Å². The first-order chi connectivity index (χ1) is 14.3. The van der Waals surface area contributed by atoms with E-state index < -0.39 is 0 Å². The summed E-state index contributed by atoms with van der Waals surface area (Å²) in [5, 5.41) is 2.24. The molecule has 138 valence electrons. The fourth-order valence-corrected chi connectivity index (χ4v) is 3.96. The van der Waals surface area contributed by atoms with Crippen LogP contribution in [-0.4, -0.2) is 9.38 Å². The van der Waals surface area contributed by atoms with Crippen LogP contribution in [0.3, 0.4) is 0 Å². The minimum absolute atomic E-state index is 0.945. The fraction of sp³-hybridized carbons (Fsp3) is 0. The number of nitrogens with zero attached hydrogens (tertiary/aromatic N) is 2. The molecule has 5 rings (SSSR count). The maximum atomic E-state index is 4.91. The summed E-state index contributed by atoms with van der Waals surface area (Å²) in [6, 6.07) is 25.0. The van der Waals surface area contributed by atoms with Gasteiger partial charge in [-0.05, 0) is 40.8 Å². The lowest BCUT2D eigenvalue weighted by molar-refractivity contribution is 1.21. The second-order valence-corrected chi connectivity index (χ2v) is 7.02. The molecule has 29 heavy (non-hydrogen) atoms. The Labute approximate surface area is 169 Å². The van der Waals surface area contributed by atoms with Crippen LogP contribution in [0, 0.1) is 0 Å². The molecule has 0 atom stereocenters. The number of fused-ring (bicyclic) bond motifs is 5. The zero-order chi connectivity index (χ0) is 19.8. The molecule has 2 heteroatoms. The molecule has 5 aromatic rings. The van der Waals surface area contributed by atoms with Crippen LogP contribution in [0.5, 0.6) is 0 Å². The van der Waals surface area contributed by atoms with Crippen LogP contribution in [0.15, 0.2) is 86.0 Å². The third-order valence-electron chi connectivity index (χ3n) is 5.32. The smallest absolute Gasteiger partial charge is 0.146 e. The third-order valence-corrected chi connectivity index (χ3v) is 5.32. The van der Waals surface area contributed by atoms with Crippen molar-refractivity contribution in [2.75, 3.05) is 0 Å². The van der Waals surface area contributed by atoms with Crippen LogP contribution in [0.2, 0.25) is 0 Å². The first-order valence-corrected chi connectivity index (χ1v) is 9.65. The third kappa shape index (κ3) is 2.77. The Morgan fingerprint density at radius 2 is 1.48 bits per heavy atom. The lowest BCUT2D eigenvalue weighted by Crippen LogP contribution is -1.97. The van der Waals surface area contributed by atoms with Gasteiger partial charge in [-0.25, -0.2) is 4.98 Å². The van der Waals surface area contributed by atoms with Crippen molar-refractivity contribution >= 4 is 51.8 Å². The summed E-state index contributed by atoms with van der Waals surface area (Å²) in [5.41, 5.74) is 7.40. The highest BCUT2D eigenvalue weighted by atomic mass is 15.0. The van der Waals surface area contributed by atoms with E-state index in [1.807, 2.05) is 48.6 Å². The van der Waals surface area contributed by atoms with Crippen LogP contribution >= 0.6 is 0 Å². The zero-order valence-corrected chi connectivity index (χ0v) is 16.0. The van der Waals surface area contributed by atoms with Gasteiger partial charge in [-0.1, -0.05) is 86.0 Å². The number of aromatic nitrogens is 2. The number of hydrogen-bond acceptors (Lipinski definition) is 1. The average Bonchev–Trinajstić information content (AvgIpc) is 3.17. The van der Waals surface area contributed by atoms with Gasteiger partial charge in [0.25, 0.3) is 0 Å². The van der Waals surface area contributed by atoms with Crippen molar-refractivity contribution < 1.29 is 0 Å². The van der Waals surface area contributed by atoms with Crippen molar-refractivity contribution in [1.82, 2.24) is 9.38 Å². The van der Waals surface area contributed by atoms with Crippen LogP contribution in [-0.2, 0) is 0 Å². The standard InChI is InChI=1S/C27H20N2/c1-3-21-23-18-20(15-14-19-10-6-5-7-11-19)16-17-22(23)27-28-24-12-8-9-13-26(24)29(27)25(21)4-2/h3-18H,1-2H2/b15-14+. The number of para-hydroxylation sites is 2. The number of imidazole rings is 1. The van der Waals surface area contributed by atoms with E-state index in [2.05, 4.69) is 66.1 Å². The molecule has 0 aliphatic rings. The Morgan fingerprint density at radius 3 is 2.28 bits per heavy atom. The summed E-state index contributed by atoms with van der Waals surface area (Å²) in [7, 11) is 0. The topological polar surface area (TPSA) is 17.3 Å². The summed E-state index contributed by atoms with van der Waals surface area (Å²) < 4.78 is 2.18. The lowest BCUT2D eigenvalue weighted by atomic mass is 10.00. The second-order valence-electron chi connectivity index (χ2n) is 7.02. The Balaban J connectivity index is 1.80. The highest BCUT2D eigenvalue weighted by molar-refractivity contribution is 6.05. The maximum Gasteiger partial charge on any atom is 0.146 e. The molecule has 0 radical (unpaired) electrons. The van der Waals surface area contributed by atoms with Gasteiger partial charge in [-0.15, -0.1) is 0 Å². The second kappa shape index (κ2) is 6.92. The van der Waals surface area contributed by atoms with Crippen molar-refractivity contribution in [2.24, 2.45) is 0 Å². The van der Waals surface area contributed by atoms with E-state index in [1.54, 1.807) is 0 Å². The van der Waals surface area contributed by atoms with Crippen molar-refractivity contribution in [1.29, 1.82) is 0 Å². The van der Waals surface area contributed by atoms with Gasteiger partial charge in [-0.2, -0.15) is 0 Å². The maximum absolute atomic E-state index is 4.91. The van der Waals surface area contributed by atoms with Gasteiger partial charge in [0.2, 0.25) is 0 Å². The molecule has 0 unspecified atom stereocenters.